The molecule has 0 saturated carbocycles. The molecule has 3 amide bonds. The number of hydrogen-bond acceptors (Lipinski definition) is 11. The first-order valence-corrected chi connectivity index (χ1v) is 14.6. The Labute approximate surface area is 270 Å². The molecule has 0 aliphatic rings. The van der Waals surface area contributed by atoms with Crippen LogP contribution in [0.5, 0.6) is 0 Å². The van der Waals surface area contributed by atoms with Crippen LogP contribution in [0.1, 0.15) is 41.5 Å². The molecule has 40 heavy (non-hydrogen) atoms. The summed E-state index contributed by atoms with van der Waals surface area (Å²) >= 11 is 5.45. The van der Waals surface area contributed by atoms with Crippen molar-refractivity contribution in [2.75, 3.05) is 44.9 Å². The molecule has 1 rings (SSSR count). The van der Waals surface area contributed by atoms with Crippen molar-refractivity contribution in [1.29, 1.82) is 0 Å². The van der Waals surface area contributed by atoms with E-state index in [1.165, 1.54) is 14.0 Å². The summed E-state index contributed by atoms with van der Waals surface area (Å²) in [5.41, 5.74) is 0.0870. The van der Waals surface area contributed by atoms with Gasteiger partial charge in [-0.05, 0) is 67.8 Å². The Hall–Kier alpha value is -1.85. The van der Waals surface area contributed by atoms with Gasteiger partial charge in [0.15, 0.2) is 12.7 Å². The number of aliphatic hydroxyl groups excluding tert-OH is 2. The number of rotatable bonds is 13. The summed E-state index contributed by atoms with van der Waals surface area (Å²) in [6.07, 6.45) is -2.41. The maximum Gasteiger partial charge on any atom is 0.303 e. The molecule has 0 heterocycles. The molecule has 0 aliphatic heterocycles. The number of aliphatic hydroxyl groups is 2. The van der Waals surface area contributed by atoms with Crippen LogP contribution >= 0.6 is 67.8 Å². The van der Waals surface area contributed by atoms with Crippen LogP contribution in [0.4, 0.5) is 5.69 Å². The molecule has 0 bridgehead atoms. The van der Waals surface area contributed by atoms with Crippen LogP contribution in [-0.2, 0) is 33.4 Å². The first-order chi connectivity index (χ1) is 18.7. The van der Waals surface area contributed by atoms with Crippen molar-refractivity contribution in [3.63, 3.8) is 0 Å². The van der Waals surface area contributed by atoms with E-state index in [1.54, 1.807) is 0 Å². The SMILES string of the molecule is CNC(=O)c1c(I)c(C(=O)NCC(COC(C)=O)OC(C)=O)c(I)c(N(CC(O)CO)C(=O)COC(C)=O)c1I. The van der Waals surface area contributed by atoms with E-state index in [1.807, 2.05) is 67.8 Å². The number of halogens is 3. The van der Waals surface area contributed by atoms with Gasteiger partial charge in [-0.1, -0.05) is 0 Å². The highest BCUT2D eigenvalue weighted by Crippen LogP contribution is 2.38. The number of benzene rings is 1. The zero-order valence-electron chi connectivity index (χ0n) is 21.8. The molecule has 1 aromatic carbocycles. The minimum Gasteiger partial charge on any atom is -0.462 e. The topological polar surface area (TPSA) is 198 Å². The zero-order valence-corrected chi connectivity index (χ0v) is 28.3. The largest absolute Gasteiger partial charge is 0.462 e. The number of anilines is 1. The van der Waals surface area contributed by atoms with Crippen molar-refractivity contribution in [3.8, 4) is 0 Å². The highest BCUT2D eigenvalue weighted by molar-refractivity contribution is 14.1. The summed E-state index contributed by atoms with van der Waals surface area (Å²) in [7, 11) is 1.38. The van der Waals surface area contributed by atoms with Gasteiger partial charge in [-0.2, -0.15) is 0 Å². The van der Waals surface area contributed by atoms with Gasteiger partial charge in [-0.15, -0.1) is 0 Å². The van der Waals surface area contributed by atoms with Gasteiger partial charge in [0.2, 0.25) is 0 Å². The summed E-state index contributed by atoms with van der Waals surface area (Å²) < 4.78 is 15.5. The molecule has 17 heteroatoms. The predicted molar refractivity (Wildman–Crippen MR) is 165 cm³/mol. The second-order valence-electron chi connectivity index (χ2n) is 7.98. The van der Waals surface area contributed by atoms with Crippen LogP contribution in [0, 0.1) is 10.7 Å². The fourth-order valence-electron chi connectivity index (χ4n) is 3.11. The lowest BCUT2D eigenvalue weighted by molar-refractivity contribution is -0.155. The van der Waals surface area contributed by atoms with Gasteiger partial charge < -0.3 is 40.0 Å². The third-order valence-electron chi connectivity index (χ3n) is 4.84. The average Bonchev–Trinajstić information content (AvgIpc) is 2.87. The molecular formula is C23H28I3N3O11. The van der Waals surface area contributed by atoms with E-state index in [2.05, 4.69) is 10.6 Å². The minimum atomic E-state index is -1.40. The monoisotopic (exact) mass is 903 g/mol. The predicted octanol–water partition coefficient (Wildman–Crippen LogP) is 0.334. The first-order valence-electron chi connectivity index (χ1n) is 11.4. The molecule has 2 atom stereocenters. The Kier molecular flexibility index (Phi) is 15.5. The third-order valence-corrected chi connectivity index (χ3v) is 8.02. The average molecular weight is 903 g/mol. The first kappa shape index (κ1) is 36.2. The summed E-state index contributed by atoms with van der Waals surface area (Å²) in [4.78, 5) is 74.5. The molecule has 0 saturated heterocycles. The van der Waals surface area contributed by atoms with E-state index in [-0.39, 0.29) is 40.7 Å². The molecule has 0 fully saturated rings. The van der Waals surface area contributed by atoms with Gasteiger partial charge in [0.05, 0.1) is 49.8 Å². The number of carbonyl (C=O) groups is 6. The lowest BCUT2D eigenvalue weighted by Gasteiger charge is -2.29. The van der Waals surface area contributed by atoms with E-state index in [4.69, 9.17) is 14.2 Å². The standard InChI is InChI=1S/C23H28I3N3O11/c1-10(31)38-8-14(40-12(3)33)5-28-23(37)17-18(24)16(22(36)27-4)19(25)21(20(17)26)29(6-13(34)7-30)15(35)9-39-11(2)32/h13-14,30,34H,5-9H2,1-4H3,(H,27,36)(H,28,37). The maximum absolute atomic E-state index is 13.5. The number of nitrogens with zero attached hydrogens (tertiary/aromatic N) is 1. The van der Waals surface area contributed by atoms with Gasteiger partial charge in [0.25, 0.3) is 17.7 Å². The van der Waals surface area contributed by atoms with Crippen LogP contribution < -0.4 is 15.5 Å². The Morgan fingerprint density at radius 3 is 1.90 bits per heavy atom. The van der Waals surface area contributed by atoms with Crippen molar-refractivity contribution in [2.45, 2.75) is 33.0 Å². The highest BCUT2D eigenvalue weighted by Gasteiger charge is 2.33. The Balaban J connectivity index is 3.70. The van der Waals surface area contributed by atoms with E-state index < -0.39 is 67.6 Å². The maximum atomic E-state index is 13.5. The number of hydrogen-bond donors (Lipinski definition) is 4. The Morgan fingerprint density at radius 2 is 1.43 bits per heavy atom. The van der Waals surface area contributed by atoms with E-state index >= 15 is 0 Å². The molecule has 0 aliphatic carbocycles. The second kappa shape index (κ2) is 17.2. The van der Waals surface area contributed by atoms with Crippen LogP contribution in [-0.4, -0.2) is 98.0 Å². The lowest BCUT2D eigenvalue weighted by atomic mass is 10.1. The molecule has 222 valence electrons. The molecule has 14 nitrogen and oxygen atoms in total. The second-order valence-corrected chi connectivity index (χ2v) is 11.2. The smallest absolute Gasteiger partial charge is 0.303 e. The molecule has 0 radical (unpaired) electrons. The Bertz CT molecular complexity index is 1160. The number of carbonyl (C=O) groups excluding carboxylic acids is 6. The summed E-state index contributed by atoms with van der Waals surface area (Å²) in [5, 5.41) is 24.7. The number of amides is 3. The van der Waals surface area contributed by atoms with Gasteiger partial charge in [0.1, 0.15) is 6.61 Å². The molecule has 2 unspecified atom stereocenters. The van der Waals surface area contributed by atoms with Crippen molar-refractivity contribution in [2.24, 2.45) is 0 Å². The summed E-state index contributed by atoms with van der Waals surface area (Å²) in [6, 6.07) is 0. The van der Waals surface area contributed by atoms with Gasteiger partial charge in [0, 0.05) is 31.4 Å². The van der Waals surface area contributed by atoms with Gasteiger partial charge in [-0.25, -0.2) is 0 Å². The minimum absolute atomic E-state index is 0.0203. The van der Waals surface area contributed by atoms with Crippen LogP contribution in [0.3, 0.4) is 0 Å². The lowest BCUT2D eigenvalue weighted by Crippen LogP contribution is -2.43. The molecule has 1 aromatic rings. The summed E-state index contributed by atoms with van der Waals surface area (Å²) in [5.74, 6) is -4.10. The zero-order chi connectivity index (χ0) is 30.7. The third kappa shape index (κ3) is 10.5. The van der Waals surface area contributed by atoms with E-state index in [0.29, 0.717) is 0 Å². The van der Waals surface area contributed by atoms with E-state index in [0.717, 1.165) is 18.7 Å². The number of esters is 3. The molecule has 0 spiro atoms. The van der Waals surface area contributed by atoms with Crippen molar-refractivity contribution < 1.29 is 53.2 Å². The number of nitrogens with one attached hydrogen (secondary N) is 2. The Morgan fingerprint density at radius 1 is 0.875 bits per heavy atom. The van der Waals surface area contributed by atoms with Crippen LogP contribution in [0.15, 0.2) is 0 Å². The summed E-state index contributed by atoms with van der Waals surface area (Å²) in [6.45, 7) is 0.993. The van der Waals surface area contributed by atoms with Crippen molar-refractivity contribution >= 4 is 109 Å². The molecule has 4 N–H and O–H groups in total. The van der Waals surface area contributed by atoms with Crippen molar-refractivity contribution in [3.05, 3.63) is 21.8 Å². The van der Waals surface area contributed by atoms with Crippen LogP contribution in [0.25, 0.3) is 0 Å². The normalized spacial score (nSPS) is 12.0. The fourth-order valence-corrected chi connectivity index (χ4v) is 7.84. The number of ether oxygens (including phenoxy) is 3. The highest BCUT2D eigenvalue weighted by atomic mass is 127. The van der Waals surface area contributed by atoms with Gasteiger partial charge in [-0.3, -0.25) is 28.8 Å². The fraction of sp³-hybridized carbons (Fsp3) is 0.478. The van der Waals surface area contributed by atoms with E-state index in [9.17, 15) is 39.0 Å². The molecular weight excluding hydrogens is 875 g/mol. The molecule has 0 aromatic heterocycles. The van der Waals surface area contributed by atoms with Crippen molar-refractivity contribution in [1.82, 2.24) is 10.6 Å². The quantitative estimate of drug-likeness (QED) is 0.121. The van der Waals surface area contributed by atoms with Gasteiger partial charge >= 0.3 is 17.9 Å². The van der Waals surface area contributed by atoms with Crippen LogP contribution in [0.2, 0.25) is 0 Å².